The molecule has 0 aliphatic carbocycles. The van der Waals surface area contributed by atoms with E-state index in [1.807, 2.05) is 5.38 Å². The summed E-state index contributed by atoms with van der Waals surface area (Å²) in [6.45, 7) is 8.08. The molecule has 0 saturated heterocycles. The summed E-state index contributed by atoms with van der Waals surface area (Å²) in [6.07, 6.45) is 1.63. The molecule has 2 aromatic rings. The predicted molar refractivity (Wildman–Crippen MR) is 84.2 cm³/mol. The van der Waals surface area contributed by atoms with Gasteiger partial charge in [-0.25, -0.2) is 9.78 Å². The van der Waals surface area contributed by atoms with Crippen molar-refractivity contribution >= 4 is 22.5 Å². The molecule has 0 spiro atoms. The van der Waals surface area contributed by atoms with E-state index in [1.54, 1.807) is 6.08 Å². The number of nitrogens with one attached hydrogen (secondary N) is 2. The number of carbonyl (C=O) groups is 1. The Morgan fingerprint density at radius 3 is 3.00 bits per heavy atom. The van der Waals surface area contributed by atoms with Crippen LogP contribution in [0.2, 0.25) is 0 Å². The highest BCUT2D eigenvalue weighted by molar-refractivity contribution is 7.14. The fourth-order valence-electron chi connectivity index (χ4n) is 1.77. The molecule has 0 radical (unpaired) electrons. The molecule has 0 fully saturated rings. The third-order valence-corrected chi connectivity index (χ3v) is 3.56. The summed E-state index contributed by atoms with van der Waals surface area (Å²) in [5.74, 6) is 0. The number of benzene rings is 1. The van der Waals surface area contributed by atoms with Crippen LogP contribution in [-0.2, 0) is 0 Å². The summed E-state index contributed by atoms with van der Waals surface area (Å²) in [6, 6.07) is 5.99. The van der Waals surface area contributed by atoms with E-state index >= 15 is 0 Å². The van der Waals surface area contributed by atoms with Gasteiger partial charge in [-0.05, 0) is 25.5 Å². The highest BCUT2D eigenvalue weighted by Gasteiger charge is 2.09. The molecule has 2 N–H and O–H groups in total. The first kappa shape index (κ1) is 14.3. The number of amides is 2. The van der Waals surface area contributed by atoms with Crippen LogP contribution in [0, 0.1) is 13.8 Å². The molecule has 2 amide bonds. The van der Waals surface area contributed by atoms with E-state index in [9.17, 15) is 4.79 Å². The lowest BCUT2D eigenvalue weighted by Gasteiger charge is -2.04. The van der Waals surface area contributed by atoms with Gasteiger partial charge in [0, 0.05) is 17.5 Å². The Labute approximate surface area is 122 Å². The number of aryl methyl sites for hydroxylation is 2. The second-order valence-electron chi connectivity index (χ2n) is 4.48. The van der Waals surface area contributed by atoms with Crippen LogP contribution in [0.5, 0.6) is 0 Å². The molecule has 104 valence electrons. The molecule has 1 aromatic heterocycles. The van der Waals surface area contributed by atoms with Gasteiger partial charge in [-0.15, -0.1) is 17.9 Å². The monoisotopic (exact) mass is 287 g/mol. The van der Waals surface area contributed by atoms with Gasteiger partial charge >= 0.3 is 6.03 Å². The minimum Gasteiger partial charge on any atom is -0.334 e. The Hall–Kier alpha value is -2.14. The summed E-state index contributed by atoms with van der Waals surface area (Å²) in [5.41, 5.74) is 4.34. The second-order valence-corrected chi connectivity index (χ2v) is 5.34. The molecule has 0 aliphatic heterocycles. The third-order valence-electron chi connectivity index (χ3n) is 2.80. The smallest absolute Gasteiger partial charge is 0.321 e. The van der Waals surface area contributed by atoms with Crippen LogP contribution in [0.25, 0.3) is 11.3 Å². The molecular formula is C15H17N3OS. The zero-order valence-electron chi connectivity index (χ0n) is 11.6. The normalized spacial score (nSPS) is 10.1. The number of rotatable bonds is 4. The Bertz CT molecular complexity index is 634. The summed E-state index contributed by atoms with van der Waals surface area (Å²) < 4.78 is 0. The van der Waals surface area contributed by atoms with Crippen molar-refractivity contribution in [2.45, 2.75) is 13.8 Å². The maximum Gasteiger partial charge on any atom is 0.321 e. The van der Waals surface area contributed by atoms with Gasteiger partial charge < -0.3 is 5.32 Å². The van der Waals surface area contributed by atoms with E-state index in [2.05, 4.69) is 54.2 Å². The summed E-state index contributed by atoms with van der Waals surface area (Å²) in [7, 11) is 0. The standard InChI is InChI=1S/C15H17N3OS/c1-4-7-16-14(19)18-15-17-13(9-20-15)12-8-10(2)5-6-11(12)3/h4-6,8-9H,1,7H2,2-3H3,(H2,16,17,18,19). The van der Waals surface area contributed by atoms with Crippen LogP contribution in [0.4, 0.5) is 9.93 Å². The Morgan fingerprint density at radius 2 is 2.25 bits per heavy atom. The summed E-state index contributed by atoms with van der Waals surface area (Å²) in [4.78, 5) is 16.0. The number of carbonyl (C=O) groups excluding carboxylic acids is 1. The molecule has 1 aromatic carbocycles. The van der Waals surface area contributed by atoms with Crippen molar-refractivity contribution in [2.75, 3.05) is 11.9 Å². The minimum absolute atomic E-state index is 0.272. The third kappa shape index (κ3) is 3.45. The molecular weight excluding hydrogens is 270 g/mol. The highest BCUT2D eigenvalue weighted by Crippen LogP contribution is 2.28. The lowest BCUT2D eigenvalue weighted by Crippen LogP contribution is -2.28. The maximum atomic E-state index is 11.5. The molecule has 0 unspecified atom stereocenters. The van der Waals surface area contributed by atoms with Crippen LogP contribution in [-0.4, -0.2) is 17.6 Å². The van der Waals surface area contributed by atoms with E-state index in [0.29, 0.717) is 11.7 Å². The van der Waals surface area contributed by atoms with Gasteiger partial charge in [-0.1, -0.05) is 23.8 Å². The molecule has 0 saturated carbocycles. The van der Waals surface area contributed by atoms with Crippen molar-refractivity contribution in [3.05, 3.63) is 47.4 Å². The molecule has 4 nitrogen and oxygen atoms in total. The topological polar surface area (TPSA) is 54.0 Å². The number of anilines is 1. The first-order valence-electron chi connectivity index (χ1n) is 6.29. The number of hydrogen-bond donors (Lipinski definition) is 2. The average molecular weight is 287 g/mol. The molecule has 0 aliphatic rings. The lowest BCUT2D eigenvalue weighted by molar-refractivity contribution is 0.253. The van der Waals surface area contributed by atoms with E-state index in [4.69, 9.17) is 0 Å². The predicted octanol–water partition coefficient (Wildman–Crippen LogP) is 3.73. The molecule has 0 bridgehead atoms. The fraction of sp³-hybridized carbons (Fsp3) is 0.200. The second kappa shape index (κ2) is 6.34. The summed E-state index contributed by atoms with van der Waals surface area (Å²) >= 11 is 1.41. The van der Waals surface area contributed by atoms with Crippen molar-refractivity contribution in [1.29, 1.82) is 0 Å². The van der Waals surface area contributed by atoms with E-state index < -0.39 is 0 Å². The van der Waals surface area contributed by atoms with Crippen LogP contribution >= 0.6 is 11.3 Å². The van der Waals surface area contributed by atoms with Crippen molar-refractivity contribution in [3.63, 3.8) is 0 Å². The molecule has 5 heteroatoms. The van der Waals surface area contributed by atoms with Gasteiger partial charge in [-0.3, -0.25) is 5.32 Å². The van der Waals surface area contributed by atoms with Gasteiger partial charge in [0.1, 0.15) is 0 Å². The van der Waals surface area contributed by atoms with Crippen molar-refractivity contribution in [2.24, 2.45) is 0 Å². The molecule has 20 heavy (non-hydrogen) atoms. The molecule has 2 rings (SSSR count). The van der Waals surface area contributed by atoms with E-state index in [-0.39, 0.29) is 6.03 Å². The average Bonchev–Trinajstić information content (AvgIpc) is 2.87. The molecule has 1 heterocycles. The number of nitrogens with zero attached hydrogens (tertiary/aromatic N) is 1. The SMILES string of the molecule is C=CCNC(=O)Nc1nc(-c2cc(C)ccc2C)cs1. The minimum atomic E-state index is -0.272. The number of urea groups is 1. The first-order chi connectivity index (χ1) is 9.60. The van der Waals surface area contributed by atoms with Crippen LogP contribution < -0.4 is 10.6 Å². The van der Waals surface area contributed by atoms with Crippen molar-refractivity contribution in [1.82, 2.24) is 10.3 Å². The zero-order valence-corrected chi connectivity index (χ0v) is 12.4. The van der Waals surface area contributed by atoms with Crippen molar-refractivity contribution in [3.8, 4) is 11.3 Å². The molecule has 0 atom stereocenters. The number of hydrogen-bond acceptors (Lipinski definition) is 3. The number of aromatic nitrogens is 1. The number of thiazole rings is 1. The van der Waals surface area contributed by atoms with Gasteiger partial charge in [0.15, 0.2) is 5.13 Å². The quantitative estimate of drug-likeness (QED) is 0.842. The highest BCUT2D eigenvalue weighted by atomic mass is 32.1. The van der Waals surface area contributed by atoms with Gasteiger partial charge in [0.25, 0.3) is 0 Å². The lowest BCUT2D eigenvalue weighted by atomic mass is 10.0. The summed E-state index contributed by atoms with van der Waals surface area (Å²) in [5, 5.41) is 7.89. The first-order valence-corrected chi connectivity index (χ1v) is 7.17. The van der Waals surface area contributed by atoms with Gasteiger partial charge in [0.05, 0.1) is 5.69 Å². The van der Waals surface area contributed by atoms with Gasteiger partial charge in [0.2, 0.25) is 0 Å². The van der Waals surface area contributed by atoms with Crippen molar-refractivity contribution < 1.29 is 4.79 Å². The van der Waals surface area contributed by atoms with Gasteiger partial charge in [-0.2, -0.15) is 0 Å². The maximum absolute atomic E-state index is 11.5. The van der Waals surface area contributed by atoms with Crippen LogP contribution in [0.15, 0.2) is 36.2 Å². The Balaban J connectivity index is 2.14. The van der Waals surface area contributed by atoms with E-state index in [0.717, 1.165) is 11.3 Å². The fourth-order valence-corrected chi connectivity index (χ4v) is 2.48. The van der Waals surface area contributed by atoms with E-state index in [1.165, 1.54) is 22.5 Å². The van der Waals surface area contributed by atoms with Crippen LogP contribution in [0.1, 0.15) is 11.1 Å². The Kier molecular flexibility index (Phi) is 4.53. The largest absolute Gasteiger partial charge is 0.334 e. The zero-order chi connectivity index (χ0) is 14.5. The Morgan fingerprint density at radius 1 is 1.45 bits per heavy atom. The van der Waals surface area contributed by atoms with Crippen LogP contribution in [0.3, 0.4) is 0 Å².